The molecule has 4 nitrogen and oxygen atoms in total. The predicted octanol–water partition coefficient (Wildman–Crippen LogP) is 3.59. The van der Waals surface area contributed by atoms with Crippen LogP contribution < -0.4 is 0 Å². The maximum atomic E-state index is 10.9. The van der Waals surface area contributed by atoms with Crippen LogP contribution in [0.1, 0.15) is 32.8 Å². The Morgan fingerprint density at radius 1 is 1.44 bits per heavy atom. The number of rotatable bonds is 4. The van der Waals surface area contributed by atoms with Gasteiger partial charge in [0.2, 0.25) is 0 Å². The zero-order valence-electron chi connectivity index (χ0n) is 10.8. The molecule has 100 valence electrons. The molecule has 1 aromatic rings. The predicted molar refractivity (Wildman–Crippen MR) is 71.9 cm³/mol. The molecule has 0 aliphatic carbocycles. The second-order valence-corrected chi connectivity index (χ2v) is 5.89. The van der Waals surface area contributed by atoms with Crippen LogP contribution in [0.15, 0.2) is 18.2 Å². The first-order chi connectivity index (χ1) is 8.21. The van der Waals surface area contributed by atoms with Crippen molar-refractivity contribution in [2.75, 3.05) is 0 Å². The number of nitro groups is 1. The van der Waals surface area contributed by atoms with Crippen molar-refractivity contribution in [1.82, 2.24) is 0 Å². The molecule has 18 heavy (non-hydrogen) atoms. The van der Waals surface area contributed by atoms with E-state index in [0.717, 1.165) is 0 Å². The fraction of sp³-hybridized carbons (Fsp3) is 0.538. The lowest BCUT2D eigenvalue weighted by Gasteiger charge is -2.25. The Hall–Kier alpha value is -1.13. The maximum absolute atomic E-state index is 10.9. The average Bonchev–Trinajstić information content (AvgIpc) is 2.24. The third kappa shape index (κ3) is 3.96. The van der Waals surface area contributed by atoms with Crippen LogP contribution in [-0.2, 0) is 6.42 Å². The van der Waals surface area contributed by atoms with E-state index in [9.17, 15) is 15.2 Å². The highest BCUT2D eigenvalue weighted by Crippen LogP contribution is 2.27. The zero-order valence-corrected chi connectivity index (χ0v) is 11.6. The first-order valence-corrected chi connectivity index (χ1v) is 6.20. The molecule has 0 aliphatic heterocycles. The number of aliphatic hydroxyl groups excluding tert-OH is 1. The Balaban J connectivity index is 2.84. The second-order valence-electron chi connectivity index (χ2n) is 5.45. The second kappa shape index (κ2) is 5.67. The molecule has 0 radical (unpaired) electrons. The van der Waals surface area contributed by atoms with Gasteiger partial charge in [0.1, 0.15) is 0 Å². The fourth-order valence-corrected chi connectivity index (χ4v) is 1.85. The molecule has 1 unspecified atom stereocenters. The molecular formula is C13H18ClNO3. The van der Waals surface area contributed by atoms with Gasteiger partial charge in [0.05, 0.1) is 11.0 Å². The molecule has 1 N–H and O–H groups in total. The van der Waals surface area contributed by atoms with E-state index in [1.54, 1.807) is 6.07 Å². The Bertz CT molecular complexity index is 440. The summed E-state index contributed by atoms with van der Waals surface area (Å²) in [5.41, 5.74) is 0.393. The van der Waals surface area contributed by atoms with Crippen molar-refractivity contribution in [1.29, 1.82) is 0 Å². The van der Waals surface area contributed by atoms with Crippen molar-refractivity contribution in [2.45, 2.75) is 39.7 Å². The summed E-state index contributed by atoms with van der Waals surface area (Å²) in [6.45, 7) is 5.80. The van der Waals surface area contributed by atoms with E-state index >= 15 is 0 Å². The highest BCUT2D eigenvalue weighted by molar-refractivity contribution is 6.30. The van der Waals surface area contributed by atoms with Crippen LogP contribution >= 0.6 is 11.6 Å². The van der Waals surface area contributed by atoms with Gasteiger partial charge in [0.15, 0.2) is 0 Å². The molecule has 5 heteroatoms. The largest absolute Gasteiger partial charge is 0.393 e. The number of hydrogen-bond acceptors (Lipinski definition) is 3. The van der Waals surface area contributed by atoms with Gasteiger partial charge >= 0.3 is 0 Å². The summed E-state index contributed by atoms with van der Waals surface area (Å²) in [7, 11) is 0. The molecule has 0 fully saturated rings. The van der Waals surface area contributed by atoms with Gasteiger partial charge in [-0.25, -0.2) is 0 Å². The van der Waals surface area contributed by atoms with Gasteiger partial charge in [-0.15, -0.1) is 0 Å². The molecule has 0 amide bonds. The van der Waals surface area contributed by atoms with E-state index < -0.39 is 11.0 Å². The van der Waals surface area contributed by atoms with E-state index in [1.807, 2.05) is 20.8 Å². The molecule has 0 spiro atoms. The van der Waals surface area contributed by atoms with Crippen molar-refractivity contribution in [3.05, 3.63) is 38.9 Å². The normalized spacial score (nSPS) is 13.4. The zero-order chi connectivity index (χ0) is 13.9. The minimum absolute atomic E-state index is 0.0560. The summed E-state index contributed by atoms with van der Waals surface area (Å²) in [6, 6.07) is 4.50. The van der Waals surface area contributed by atoms with E-state index in [1.165, 1.54) is 12.1 Å². The quantitative estimate of drug-likeness (QED) is 0.672. The molecule has 0 aromatic heterocycles. The number of nitrogens with zero attached hydrogens (tertiary/aromatic N) is 1. The minimum Gasteiger partial charge on any atom is -0.393 e. The number of benzene rings is 1. The Morgan fingerprint density at radius 2 is 2.06 bits per heavy atom. The van der Waals surface area contributed by atoms with Crippen molar-refractivity contribution >= 4 is 17.3 Å². The van der Waals surface area contributed by atoms with Gasteiger partial charge in [-0.1, -0.05) is 32.4 Å². The summed E-state index contributed by atoms with van der Waals surface area (Å²) in [5, 5.41) is 21.3. The van der Waals surface area contributed by atoms with Crippen LogP contribution in [0, 0.1) is 15.5 Å². The maximum Gasteiger partial charge on any atom is 0.272 e. The van der Waals surface area contributed by atoms with Crippen molar-refractivity contribution < 1.29 is 10.0 Å². The summed E-state index contributed by atoms with van der Waals surface area (Å²) < 4.78 is 0. The van der Waals surface area contributed by atoms with Gasteiger partial charge < -0.3 is 5.11 Å². The summed E-state index contributed by atoms with van der Waals surface area (Å²) >= 11 is 5.84. The standard InChI is InChI=1S/C13H18ClNO3/c1-13(2,3)12(16)7-4-9-8-10(14)5-6-11(9)15(17)18/h5-6,8,12,16H,4,7H2,1-3H3. The highest BCUT2D eigenvalue weighted by Gasteiger charge is 2.23. The topological polar surface area (TPSA) is 63.4 Å². The molecule has 1 rings (SSSR count). The molecular weight excluding hydrogens is 254 g/mol. The number of aryl methyl sites for hydroxylation is 1. The van der Waals surface area contributed by atoms with Crippen molar-refractivity contribution in [2.24, 2.45) is 5.41 Å². The Morgan fingerprint density at radius 3 is 2.56 bits per heavy atom. The highest BCUT2D eigenvalue weighted by atomic mass is 35.5. The van der Waals surface area contributed by atoms with E-state index in [0.29, 0.717) is 23.4 Å². The van der Waals surface area contributed by atoms with Gasteiger partial charge in [-0.05, 0) is 30.4 Å². The monoisotopic (exact) mass is 271 g/mol. The molecule has 0 saturated heterocycles. The number of halogens is 1. The summed E-state index contributed by atoms with van der Waals surface area (Å²) in [4.78, 5) is 10.5. The first-order valence-electron chi connectivity index (χ1n) is 5.82. The average molecular weight is 272 g/mol. The lowest BCUT2D eigenvalue weighted by Crippen LogP contribution is -2.26. The Labute approximate surface area is 112 Å². The van der Waals surface area contributed by atoms with Gasteiger partial charge in [-0.3, -0.25) is 10.1 Å². The van der Waals surface area contributed by atoms with E-state index in [-0.39, 0.29) is 11.1 Å². The van der Waals surface area contributed by atoms with Gasteiger partial charge in [-0.2, -0.15) is 0 Å². The van der Waals surface area contributed by atoms with Crippen LogP contribution in [0.4, 0.5) is 5.69 Å². The van der Waals surface area contributed by atoms with Crippen LogP contribution in [0.5, 0.6) is 0 Å². The SMILES string of the molecule is CC(C)(C)C(O)CCc1cc(Cl)ccc1[N+](=O)[O-]. The smallest absolute Gasteiger partial charge is 0.272 e. The molecule has 0 aliphatic rings. The van der Waals surface area contributed by atoms with Crippen molar-refractivity contribution in [3.63, 3.8) is 0 Å². The lowest BCUT2D eigenvalue weighted by molar-refractivity contribution is -0.385. The Kier molecular flexibility index (Phi) is 4.71. The van der Waals surface area contributed by atoms with E-state index in [4.69, 9.17) is 11.6 Å². The third-order valence-electron chi connectivity index (χ3n) is 2.93. The summed E-state index contributed by atoms with van der Waals surface area (Å²) in [5.74, 6) is 0. The molecule has 0 bridgehead atoms. The minimum atomic E-state index is -0.504. The van der Waals surface area contributed by atoms with E-state index in [2.05, 4.69) is 0 Å². The van der Waals surface area contributed by atoms with Crippen LogP contribution in [-0.4, -0.2) is 16.1 Å². The van der Waals surface area contributed by atoms with Crippen LogP contribution in [0.3, 0.4) is 0 Å². The molecule has 1 aromatic carbocycles. The number of nitro benzene ring substituents is 1. The van der Waals surface area contributed by atoms with Crippen LogP contribution in [0.2, 0.25) is 5.02 Å². The van der Waals surface area contributed by atoms with Crippen LogP contribution in [0.25, 0.3) is 0 Å². The number of hydrogen-bond donors (Lipinski definition) is 1. The molecule has 0 saturated carbocycles. The lowest BCUT2D eigenvalue weighted by atomic mass is 9.85. The first kappa shape index (κ1) is 14.9. The van der Waals surface area contributed by atoms with Gasteiger partial charge in [0, 0.05) is 16.7 Å². The third-order valence-corrected chi connectivity index (χ3v) is 3.16. The summed E-state index contributed by atoms with van der Waals surface area (Å²) in [6.07, 6.45) is 0.413. The fourth-order valence-electron chi connectivity index (χ4n) is 1.66. The number of aliphatic hydroxyl groups is 1. The molecule has 0 heterocycles. The molecule has 1 atom stereocenters. The van der Waals surface area contributed by atoms with Gasteiger partial charge in [0.25, 0.3) is 5.69 Å². The van der Waals surface area contributed by atoms with Crippen molar-refractivity contribution in [3.8, 4) is 0 Å².